The van der Waals surface area contributed by atoms with Crippen LogP contribution in [0.15, 0.2) is 36.5 Å². The van der Waals surface area contributed by atoms with E-state index in [0.29, 0.717) is 18.8 Å². The quantitative estimate of drug-likeness (QED) is 0.825. The second kappa shape index (κ2) is 6.16. The second-order valence-electron chi connectivity index (χ2n) is 3.80. The van der Waals surface area contributed by atoms with Crippen molar-refractivity contribution in [1.82, 2.24) is 20.3 Å². The van der Waals surface area contributed by atoms with Gasteiger partial charge < -0.3 is 5.32 Å². The van der Waals surface area contributed by atoms with Gasteiger partial charge in [-0.05, 0) is 5.56 Å². The molecule has 0 aliphatic heterocycles. The fourth-order valence-corrected chi connectivity index (χ4v) is 1.60. The number of amides is 1. The monoisotopic (exact) mass is 264 g/mol. The molecule has 1 amide bonds. The highest BCUT2D eigenvalue weighted by atomic mass is 35.5. The highest BCUT2D eigenvalue weighted by Gasteiger charge is 2.03. The fourth-order valence-electron chi connectivity index (χ4n) is 1.50. The maximum atomic E-state index is 11.0. The molecule has 2 aromatic rings. The lowest BCUT2D eigenvalue weighted by Crippen LogP contribution is -2.23. The number of carbonyl (C=O) groups excluding carboxylic acids is 1. The molecule has 94 valence electrons. The first-order valence-electron chi connectivity index (χ1n) is 5.53. The summed E-state index contributed by atoms with van der Waals surface area (Å²) in [6.45, 7) is 1.01. The summed E-state index contributed by atoms with van der Waals surface area (Å²) in [5.41, 5.74) is 1.86. The van der Waals surface area contributed by atoms with Gasteiger partial charge in [0.15, 0.2) is 0 Å². The second-order valence-corrected chi connectivity index (χ2v) is 4.07. The average Bonchev–Trinajstić information content (AvgIpc) is 2.85. The van der Waals surface area contributed by atoms with Gasteiger partial charge in [-0.1, -0.05) is 35.5 Å². The Morgan fingerprint density at radius 2 is 2.11 bits per heavy atom. The van der Waals surface area contributed by atoms with Crippen molar-refractivity contribution in [3.63, 3.8) is 0 Å². The molecule has 18 heavy (non-hydrogen) atoms. The van der Waals surface area contributed by atoms with Gasteiger partial charge in [-0.25, -0.2) is 4.68 Å². The number of rotatable bonds is 5. The van der Waals surface area contributed by atoms with Gasteiger partial charge in [0.25, 0.3) is 0 Å². The van der Waals surface area contributed by atoms with Gasteiger partial charge in [-0.3, -0.25) is 4.79 Å². The molecule has 0 unspecified atom stereocenters. The van der Waals surface area contributed by atoms with Gasteiger partial charge in [0.1, 0.15) is 11.6 Å². The van der Waals surface area contributed by atoms with Crippen LogP contribution in [0, 0.1) is 0 Å². The van der Waals surface area contributed by atoms with Gasteiger partial charge in [-0.15, -0.1) is 16.7 Å². The Bertz CT molecular complexity index is 512. The summed E-state index contributed by atoms with van der Waals surface area (Å²) in [7, 11) is 0. The molecular weight excluding hydrogens is 252 g/mol. The third-order valence-corrected chi connectivity index (χ3v) is 2.60. The minimum atomic E-state index is -0.214. The van der Waals surface area contributed by atoms with E-state index in [1.807, 2.05) is 36.5 Å². The zero-order valence-corrected chi connectivity index (χ0v) is 10.5. The van der Waals surface area contributed by atoms with Gasteiger partial charge >= 0.3 is 0 Å². The summed E-state index contributed by atoms with van der Waals surface area (Å²) in [6, 6.07) is 9.98. The van der Waals surface area contributed by atoms with E-state index < -0.39 is 0 Å². The molecule has 1 aromatic carbocycles. The molecule has 0 aliphatic carbocycles. The Morgan fingerprint density at radius 1 is 1.33 bits per heavy atom. The standard InChI is InChI=1S/C12H13ClN4O/c13-6-12(18)14-7-11-9-17(16-15-11)8-10-4-2-1-3-5-10/h1-5,9H,6-8H2,(H,14,18). The summed E-state index contributed by atoms with van der Waals surface area (Å²) in [5, 5.41) is 10.6. The lowest BCUT2D eigenvalue weighted by atomic mass is 10.2. The topological polar surface area (TPSA) is 59.8 Å². The van der Waals surface area contributed by atoms with Crippen LogP contribution in [0.5, 0.6) is 0 Å². The van der Waals surface area contributed by atoms with E-state index in [1.165, 1.54) is 0 Å². The van der Waals surface area contributed by atoms with Crippen molar-refractivity contribution in [2.75, 3.05) is 5.88 Å². The minimum Gasteiger partial charge on any atom is -0.349 e. The molecule has 0 saturated heterocycles. The smallest absolute Gasteiger partial charge is 0.235 e. The molecule has 0 fully saturated rings. The number of aromatic nitrogens is 3. The molecule has 1 heterocycles. The molecule has 0 spiro atoms. The first-order chi connectivity index (χ1) is 8.78. The maximum absolute atomic E-state index is 11.0. The number of hydrogen-bond donors (Lipinski definition) is 1. The zero-order valence-electron chi connectivity index (χ0n) is 9.71. The number of nitrogens with one attached hydrogen (secondary N) is 1. The van der Waals surface area contributed by atoms with Crippen molar-refractivity contribution in [3.05, 3.63) is 47.8 Å². The number of hydrogen-bond acceptors (Lipinski definition) is 3. The predicted molar refractivity (Wildman–Crippen MR) is 68.1 cm³/mol. The van der Waals surface area contributed by atoms with Crippen molar-refractivity contribution in [1.29, 1.82) is 0 Å². The fraction of sp³-hybridized carbons (Fsp3) is 0.250. The third kappa shape index (κ3) is 3.56. The first-order valence-corrected chi connectivity index (χ1v) is 6.07. The van der Waals surface area contributed by atoms with E-state index in [4.69, 9.17) is 11.6 Å². The summed E-state index contributed by atoms with van der Waals surface area (Å²) in [5.74, 6) is -0.257. The average molecular weight is 265 g/mol. The minimum absolute atomic E-state index is 0.0435. The van der Waals surface area contributed by atoms with Crippen molar-refractivity contribution in [2.24, 2.45) is 0 Å². The van der Waals surface area contributed by atoms with Crippen molar-refractivity contribution >= 4 is 17.5 Å². The summed E-state index contributed by atoms with van der Waals surface area (Å²) in [6.07, 6.45) is 1.81. The van der Waals surface area contributed by atoms with E-state index >= 15 is 0 Å². The summed E-state index contributed by atoms with van der Waals surface area (Å²) >= 11 is 5.38. The van der Waals surface area contributed by atoms with Crippen LogP contribution in [0.3, 0.4) is 0 Å². The van der Waals surface area contributed by atoms with Gasteiger partial charge in [-0.2, -0.15) is 0 Å². The molecule has 0 saturated carbocycles. The van der Waals surface area contributed by atoms with Crippen LogP contribution >= 0.6 is 11.6 Å². The number of nitrogens with zero attached hydrogens (tertiary/aromatic N) is 3. The van der Waals surface area contributed by atoms with Gasteiger partial charge in [0.05, 0.1) is 19.3 Å². The van der Waals surface area contributed by atoms with Crippen LogP contribution in [0.25, 0.3) is 0 Å². The Hall–Kier alpha value is -1.88. The molecule has 2 rings (SSSR count). The summed E-state index contributed by atoms with van der Waals surface area (Å²) in [4.78, 5) is 11.0. The van der Waals surface area contributed by atoms with Crippen molar-refractivity contribution < 1.29 is 4.79 Å². The van der Waals surface area contributed by atoms with E-state index in [9.17, 15) is 4.79 Å². The highest BCUT2D eigenvalue weighted by Crippen LogP contribution is 2.02. The molecule has 0 atom stereocenters. The van der Waals surface area contributed by atoms with E-state index in [2.05, 4.69) is 15.6 Å². The molecular formula is C12H13ClN4O. The molecule has 1 aromatic heterocycles. The Morgan fingerprint density at radius 3 is 2.83 bits per heavy atom. The number of benzene rings is 1. The van der Waals surface area contributed by atoms with E-state index in [1.54, 1.807) is 4.68 Å². The molecule has 0 aliphatic rings. The predicted octanol–water partition coefficient (Wildman–Crippen LogP) is 1.18. The first kappa shape index (κ1) is 12.6. The number of carbonyl (C=O) groups is 1. The zero-order chi connectivity index (χ0) is 12.8. The molecule has 0 bridgehead atoms. The van der Waals surface area contributed by atoms with Crippen LogP contribution in [-0.4, -0.2) is 26.8 Å². The summed E-state index contributed by atoms with van der Waals surface area (Å²) < 4.78 is 1.73. The van der Waals surface area contributed by atoms with Gasteiger partial charge in [0, 0.05) is 0 Å². The largest absolute Gasteiger partial charge is 0.349 e. The molecule has 1 N–H and O–H groups in total. The third-order valence-electron chi connectivity index (χ3n) is 2.36. The SMILES string of the molecule is O=C(CCl)NCc1cn(Cc2ccccc2)nn1. The van der Waals surface area contributed by atoms with Crippen LogP contribution < -0.4 is 5.32 Å². The molecule has 5 nitrogen and oxygen atoms in total. The molecule has 0 radical (unpaired) electrons. The highest BCUT2D eigenvalue weighted by molar-refractivity contribution is 6.27. The van der Waals surface area contributed by atoms with Crippen molar-refractivity contribution in [3.8, 4) is 0 Å². The lowest BCUT2D eigenvalue weighted by Gasteiger charge is -2.00. The van der Waals surface area contributed by atoms with Crippen LogP contribution in [0.2, 0.25) is 0 Å². The maximum Gasteiger partial charge on any atom is 0.235 e. The lowest BCUT2D eigenvalue weighted by molar-refractivity contribution is -0.118. The number of halogens is 1. The van der Waals surface area contributed by atoms with Crippen LogP contribution in [0.4, 0.5) is 0 Å². The van der Waals surface area contributed by atoms with Crippen LogP contribution in [-0.2, 0) is 17.9 Å². The van der Waals surface area contributed by atoms with Crippen molar-refractivity contribution in [2.45, 2.75) is 13.1 Å². The molecule has 6 heteroatoms. The normalized spacial score (nSPS) is 10.3. The Labute approximate surface area is 110 Å². The number of alkyl halides is 1. The van der Waals surface area contributed by atoms with E-state index in [0.717, 1.165) is 5.56 Å². The Balaban J connectivity index is 1.92. The Kier molecular flexibility index (Phi) is 4.30. The van der Waals surface area contributed by atoms with E-state index in [-0.39, 0.29) is 11.8 Å². The van der Waals surface area contributed by atoms with Crippen LogP contribution in [0.1, 0.15) is 11.3 Å². The van der Waals surface area contributed by atoms with Gasteiger partial charge in [0.2, 0.25) is 5.91 Å².